The Kier molecular flexibility index (Phi) is 17.9. The third-order valence-electron chi connectivity index (χ3n) is 2.53. The molecule has 0 bridgehead atoms. The minimum absolute atomic E-state index is 0. The van der Waals surface area contributed by atoms with Gasteiger partial charge in [-0.3, -0.25) is 4.99 Å². The van der Waals surface area contributed by atoms with Crippen molar-refractivity contribution in [1.82, 2.24) is 10.6 Å². The van der Waals surface area contributed by atoms with E-state index in [-0.39, 0.29) is 24.0 Å². The third-order valence-corrected chi connectivity index (χ3v) is 2.53. The van der Waals surface area contributed by atoms with Crippen LogP contribution in [-0.4, -0.2) is 38.8 Å². The second-order valence-electron chi connectivity index (χ2n) is 4.77. The van der Waals surface area contributed by atoms with Crippen LogP contribution in [0.15, 0.2) is 4.99 Å². The van der Waals surface area contributed by atoms with Gasteiger partial charge >= 0.3 is 0 Å². The zero-order valence-corrected chi connectivity index (χ0v) is 15.3. The molecule has 2 N–H and O–H groups in total. The first-order valence-corrected chi connectivity index (χ1v) is 7.30. The summed E-state index contributed by atoms with van der Waals surface area (Å²) in [7, 11) is 0. The summed E-state index contributed by atoms with van der Waals surface area (Å²) >= 11 is 0. The lowest BCUT2D eigenvalue weighted by molar-refractivity contribution is 0.144. The van der Waals surface area contributed by atoms with Gasteiger partial charge in [0.15, 0.2) is 5.96 Å². The van der Waals surface area contributed by atoms with Crippen LogP contribution in [0.5, 0.6) is 0 Å². The number of unbranched alkanes of at least 4 members (excludes halogenated alkanes) is 1. The fourth-order valence-corrected chi connectivity index (χ4v) is 1.47. The van der Waals surface area contributed by atoms with E-state index < -0.39 is 0 Å². The molecule has 0 aromatic rings. The van der Waals surface area contributed by atoms with Gasteiger partial charge in [-0.15, -0.1) is 24.0 Å². The Morgan fingerprint density at radius 1 is 1.16 bits per heavy atom. The molecule has 0 aromatic carbocycles. The average Bonchev–Trinajstić information content (AvgIpc) is 2.33. The van der Waals surface area contributed by atoms with Gasteiger partial charge in [-0.1, -0.05) is 13.8 Å². The lowest BCUT2D eigenvalue weighted by atomic mass is 10.1. The molecule has 0 fully saturated rings. The van der Waals surface area contributed by atoms with Gasteiger partial charge < -0.3 is 15.4 Å². The fourth-order valence-electron chi connectivity index (χ4n) is 1.47. The molecule has 0 unspecified atom stereocenters. The summed E-state index contributed by atoms with van der Waals surface area (Å²) in [5.41, 5.74) is 0. The van der Waals surface area contributed by atoms with Crippen LogP contribution < -0.4 is 10.6 Å². The number of hydrogen-bond acceptors (Lipinski definition) is 2. The minimum atomic E-state index is 0. The van der Waals surface area contributed by atoms with Crippen LogP contribution in [0.1, 0.15) is 47.0 Å². The van der Waals surface area contributed by atoms with Crippen LogP contribution in [0.25, 0.3) is 0 Å². The van der Waals surface area contributed by atoms with Crippen molar-refractivity contribution in [3.63, 3.8) is 0 Å². The zero-order valence-electron chi connectivity index (χ0n) is 13.0. The molecule has 0 saturated heterocycles. The number of nitrogens with zero attached hydrogens (tertiary/aromatic N) is 1. The second kappa shape index (κ2) is 16.0. The van der Waals surface area contributed by atoms with Crippen molar-refractivity contribution >= 4 is 29.9 Å². The summed E-state index contributed by atoms with van der Waals surface area (Å²) in [6.07, 6.45) is 3.35. The van der Waals surface area contributed by atoms with Gasteiger partial charge in [-0.2, -0.15) is 0 Å². The van der Waals surface area contributed by atoms with Crippen LogP contribution in [0, 0.1) is 5.92 Å². The number of rotatable bonds is 10. The standard InChI is InChI=1S/C14H31N3O.HI/c1-5-15-14(17-11-9-13(3)4)16-10-7-8-12-18-6-2;/h13H,5-12H2,1-4H3,(H2,15,16,17);1H. The minimum Gasteiger partial charge on any atom is -0.382 e. The maximum Gasteiger partial charge on any atom is 0.191 e. The molecule has 0 saturated carbocycles. The van der Waals surface area contributed by atoms with Gasteiger partial charge in [0.05, 0.1) is 0 Å². The van der Waals surface area contributed by atoms with E-state index in [0.717, 1.165) is 57.6 Å². The number of guanidine groups is 1. The van der Waals surface area contributed by atoms with Crippen molar-refractivity contribution in [3.05, 3.63) is 0 Å². The number of hydrogen-bond donors (Lipinski definition) is 2. The van der Waals surface area contributed by atoms with Crippen LogP contribution in [-0.2, 0) is 4.74 Å². The van der Waals surface area contributed by atoms with Gasteiger partial charge in [-0.25, -0.2) is 0 Å². The normalized spacial score (nSPS) is 11.3. The summed E-state index contributed by atoms with van der Waals surface area (Å²) in [4.78, 5) is 4.55. The Bertz CT molecular complexity index is 211. The van der Waals surface area contributed by atoms with Crippen LogP contribution in [0.2, 0.25) is 0 Å². The molecule has 0 aliphatic rings. The molecule has 116 valence electrons. The highest BCUT2D eigenvalue weighted by atomic mass is 127. The number of ether oxygens (including phenoxy) is 1. The zero-order chi connectivity index (χ0) is 13.6. The summed E-state index contributed by atoms with van der Waals surface area (Å²) in [6.45, 7) is 13.0. The van der Waals surface area contributed by atoms with E-state index in [0.29, 0.717) is 0 Å². The summed E-state index contributed by atoms with van der Waals surface area (Å²) in [6, 6.07) is 0. The molecule has 0 aromatic heterocycles. The predicted molar refractivity (Wildman–Crippen MR) is 94.6 cm³/mol. The first kappa shape index (κ1) is 21.3. The maximum absolute atomic E-state index is 5.30. The molecule has 0 aliphatic carbocycles. The van der Waals surface area contributed by atoms with E-state index in [1.54, 1.807) is 0 Å². The average molecular weight is 385 g/mol. The van der Waals surface area contributed by atoms with E-state index in [1.165, 1.54) is 6.42 Å². The smallest absolute Gasteiger partial charge is 0.191 e. The molecule has 0 atom stereocenters. The largest absolute Gasteiger partial charge is 0.382 e. The predicted octanol–water partition coefficient (Wildman–Crippen LogP) is 3.02. The Morgan fingerprint density at radius 3 is 2.47 bits per heavy atom. The van der Waals surface area contributed by atoms with Crippen molar-refractivity contribution < 1.29 is 4.74 Å². The highest BCUT2D eigenvalue weighted by Gasteiger charge is 1.98. The van der Waals surface area contributed by atoms with E-state index in [4.69, 9.17) is 4.74 Å². The molecule has 5 heteroatoms. The van der Waals surface area contributed by atoms with Crippen molar-refractivity contribution in [3.8, 4) is 0 Å². The molecule has 4 nitrogen and oxygen atoms in total. The summed E-state index contributed by atoms with van der Waals surface area (Å²) in [5, 5.41) is 6.63. The van der Waals surface area contributed by atoms with Crippen molar-refractivity contribution in [2.45, 2.75) is 47.0 Å². The first-order valence-electron chi connectivity index (χ1n) is 7.30. The van der Waals surface area contributed by atoms with Crippen LogP contribution in [0.3, 0.4) is 0 Å². The topological polar surface area (TPSA) is 45.7 Å². The number of aliphatic imine (C=N–C) groups is 1. The van der Waals surface area contributed by atoms with E-state index in [2.05, 4.69) is 36.4 Å². The van der Waals surface area contributed by atoms with Crippen molar-refractivity contribution in [2.24, 2.45) is 10.9 Å². The van der Waals surface area contributed by atoms with Gasteiger partial charge in [0.25, 0.3) is 0 Å². The van der Waals surface area contributed by atoms with E-state index >= 15 is 0 Å². The number of halogens is 1. The highest BCUT2D eigenvalue weighted by Crippen LogP contribution is 1.96. The van der Waals surface area contributed by atoms with Crippen molar-refractivity contribution in [2.75, 3.05) is 32.8 Å². The van der Waals surface area contributed by atoms with Crippen molar-refractivity contribution in [1.29, 1.82) is 0 Å². The molecular weight excluding hydrogens is 353 g/mol. The fraction of sp³-hybridized carbons (Fsp3) is 0.929. The Balaban J connectivity index is 0. The van der Waals surface area contributed by atoms with Gasteiger partial charge in [0.1, 0.15) is 0 Å². The first-order chi connectivity index (χ1) is 8.70. The Hall–Kier alpha value is -0.0400. The lowest BCUT2D eigenvalue weighted by Gasteiger charge is -2.12. The Labute approximate surface area is 136 Å². The second-order valence-corrected chi connectivity index (χ2v) is 4.77. The highest BCUT2D eigenvalue weighted by molar-refractivity contribution is 14.0. The molecule has 0 rings (SSSR count). The quantitative estimate of drug-likeness (QED) is 0.263. The number of nitrogens with one attached hydrogen (secondary N) is 2. The molecule has 0 amide bonds. The summed E-state index contributed by atoms with van der Waals surface area (Å²) < 4.78 is 5.30. The Morgan fingerprint density at radius 2 is 1.89 bits per heavy atom. The molecule has 0 aliphatic heterocycles. The monoisotopic (exact) mass is 385 g/mol. The maximum atomic E-state index is 5.30. The SMILES string of the molecule is CCNC(=NCCCCOCC)NCCC(C)C.I. The van der Waals surface area contributed by atoms with Gasteiger partial charge in [0, 0.05) is 32.8 Å². The molecular formula is C14H32IN3O. The van der Waals surface area contributed by atoms with Gasteiger partial charge in [0.2, 0.25) is 0 Å². The molecule has 0 radical (unpaired) electrons. The van der Waals surface area contributed by atoms with Crippen LogP contribution >= 0.6 is 24.0 Å². The molecule has 19 heavy (non-hydrogen) atoms. The third kappa shape index (κ3) is 15.9. The van der Waals surface area contributed by atoms with Crippen LogP contribution in [0.4, 0.5) is 0 Å². The van der Waals surface area contributed by atoms with Gasteiger partial charge in [-0.05, 0) is 39.0 Å². The molecule has 0 spiro atoms. The van der Waals surface area contributed by atoms with E-state index in [9.17, 15) is 0 Å². The van der Waals surface area contributed by atoms with E-state index in [1.807, 2.05) is 6.92 Å². The summed E-state index contributed by atoms with van der Waals surface area (Å²) in [5.74, 6) is 1.67. The lowest BCUT2D eigenvalue weighted by Crippen LogP contribution is -2.38. The molecule has 0 heterocycles.